The maximum atomic E-state index is 14.6. The molecule has 0 saturated carbocycles. The van der Waals surface area contributed by atoms with Crippen LogP contribution in [0.3, 0.4) is 0 Å². The Hall–Kier alpha value is -1.93. The first-order chi connectivity index (χ1) is 13.4. The van der Waals surface area contributed by atoms with Crippen molar-refractivity contribution in [2.45, 2.75) is 26.0 Å². The molecule has 0 bridgehead atoms. The molecule has 0 unspecified atom stereocenters. The Labute approximate surface area is 167 Å². The molecule has 2 aliphatic rings. The zero-order valence-electron chi connectivity index (χ0n) is 16.6. The second kappa shape index (κ2) is 7.48. The molecule has 3 nitrogen and oxygen atoms in total. The summed E-state index contributed by atoms with van der Waals surface area (Å²) >= 11 is 0. The Balaban J connectivity index is 1.87. The molecule has 1 fully saturated rings. The van der Waals surface area contributed by atoms with Crippen LogP contribution < -0.4 is 5.30 Å². The predicted octanol–water partition coefficient (Wildman–Crippen LogP) is 4.98. The summed E-state index contributed by atoms with van der Waals surface area (Å²) in [7, 11) is -0.963. The minimum atomic E-state index is -2.94. The van der Waals surface area contributed by atoms with Crippen LogP contribution in [-0.4, -0.2) is 22.9 Å². The SMILES string of the molecule is CC(C)[C@@H](O)[C@@H]1C=C[C@H]2C(=C1)[P@](=O)(c1ccccc1)N(C)[C@@H]2c1ccccc1. The van der Waals surface area contributed by atoms with Crippen molar-refractivity contribution in [1.29, 1.82) is 0 Å². The molecule has 0 aromatic heterocycles. The van der Waals surface area contributed by atoms with E-state index in [1.54, 1.807) is 0 Å². The average molecular weight is 393 g/mol. The van der Waals surface area contributed by atoms with Crippen LogP contribution in [0.25, 0.3) is 0 Å². The van der Waals surface area contributed by atoms with Crippen molar-refractivity contribution in [3.63, 3.8) is 0 Å². The monoisotopic (exact) mass is 393 g/mol. The van der Waals surface area contributed by atoms with Gasteiger partial charge in [-0.05, 0) is 30.7 Å². The quantitative estimate of drug-likeness (QED) is 0.588. The second-order valence-electron chi connectivity index (χ2n) is 8.15. The Morgan fingerprint density at radius 2 is 1.57 bits per heavy atom. The van der Waals surface area contributed by atoms with Crippen molar-refractivity contribution in [2.24, 2.45) is 17.8 Å². The number of nitrogens with zero attached hydrogens (tertiary/aromatic N) is 1. The molecule has 0 radical (unpaired) electrons. The minimum absolute atomic E-state index is 0.0203. The van der Waals surface area contributed by atoms with Crippen LogP contribution >= 0.6 is 7.29 Å². The molecule has 28 heavy (non-hydrogen) atoms. The molecule has 0 amide bonds. The fourth-order valence-electron chi connectivity index (χ4n) is 4.56. The lowest BCUT2D eigenvalue weighted by Crippen LogP contribution is -2.26. The third-order valence-corrected chi connectivity index (χ3v) is 9.39. The molecule has 0 spiro atoms. The van der Waals surface area contributed by atoms with E-state index in [1.165, 1.54) is 5.56 Å². The van der Waals surface area contributed by atoms with E-state index in [9.17, 15) is 9.67 Å². The van der Waals surface area contributed by atoms with Crippen LogP contribution in [0.2, 0.25) is 0 Å². The summed E-state index contributed by atoms with van der Waals surface area (Å²) in [5.74, 6) is 0.0866. The van der Waals surface area contributed by atoms with Gasteiger partial charge in [-0.25, -0.2) is 4.67 Å². The first-order valence-electron chi connectivity index (χ1n) is 9.97. The van der Waals surface area contributed by atoms with Gasteiger partial charge in [0.2, 0.25) is 7.29 Å². The van der Waals surface area contributed by atoms with Gasteiger partial charge in [-0.15, -0.1) is 0 Å². The summed E-state index contributed by atoms with van der Waals surface area (Å²) < 4.78 is 16.6. The van der Waals surface area contributed by atoms with Gasteiger partial charge in [0.15, 0.2) is 0 Å². The summed E-state index contributed by atoms with van der Waals surface area (Å²) in [4.78, 5) is 0. The highest BCUT2D eigenvalue weighted by Gasteiger charge is 2.52. The van der Waals surface area contributed by atoms with E-state index in [0.29, 0.717) is 0 Å². The summed E-state index contributed by atoms with van der Waals surface area (Å²) in [6.45, 7) is 4.04. The first-order valence-corrected chi connectivity index (χ1v) is 11.6. The van der Waals surface area contributed by atoms with E-state index in [2.05, 4.69) is 35.0 Å². The van der Waals surface area contributed by atoms with Crippen LogP contribution in [0.4, 0.5) is 0 Å². The van der Waals surface area contributed by atoms with Crippen LogP contribution in [0.15, 0.2) is 84.2 Å². The molecule has 1 heterocycles. The smallest absolute Gasteiger partial charge is 0.203 e. The Kier molecular flexibility index (Phi) is 5.18. The molecule has 2 aromatic carbocycles. The maximum Gasteiger partial charge on any atom is 0.203 e. The summed E-state index contributed by atoms with van der Waals surface area (Å²) in [6.07, 6.45) is 5.88. The van der Waals surface area contributed by atoms with Gasteiger partial charge in [0.1, 0.15) is 0 Å². The molecule has 4 heteroatoms. The number of hydrogen-bond acceptors (Lipinski definition) is 2. The van der Waals surface area contributed by atoms with E-state index in [-0.39, 0.29) is 23.8 Å². The van der Waals surface area contributed by atoms with Gasteiger partial charge in [0.25, 0.3) is 0 Å². The lowest BCUT2D eigenvalue weighted by Gasteiger charge is -2.27. The van der Waals surface area contributed by atoms with Crippen molar-refractivity contribution in [2.75, 3.05) is 7.05 Å². The van der Waals surface area contributed by atoms with E-state index >= 15 is 0 Å². The molecule has 5 atom stereocenters. The molecule has 1 aliphatic heterocycles. The lowest BCUT2D eigenvalue weighted by molar-refractivity contribution is 0.0999. The Bertz CT molecular complexity index is 936. The minimum Gasteiger partial charge on any atom is -0.392 e. The molecule has 4 rings (SSSR count). The number of aliphatic hydroxyl groups excluding tert-OH is 1. The summed E-state index contributed by atoms with van der Waals surface area (Å²) in [5.41, 5.74) is 1.17. The maximum absolute atomic E-state index is 14.6. The first kappa shape index (κ1) is 19.4. The van der Waals surface area contributed by atoms with Gasteiger partial charge in [-0.2, -0.15) is 0 Å². The Morgan fingerprint density at radius 1 is 0.964 bits per heavy atom. The number of benzene rings is 2. The second-order valence-corrected chi connectivity index (χ2v) is 11.0. The highest BCUT2D eigenvalue weighted by atomic mass is 31.2. The molecule has 146 valence electrons. The highest BCUT2D eigenvalue weighted by molar-refractivity contribution is 7.73. The van der Waals surface area contributed by atoms with Crippen molar-refractivity contribution in [3.05, 3.63) is 89.8 Å². The predicted molar refractivity (Wildman–Crippen MR) is 116 cm³/mol. The summed E-state index contributed by atoms with van der Waals surface area (Å²) in [6, 6.07) is 20.1. The van der Waals surface area contributed by atoms with Crippen molar-refractivity contribution < 1.29 is 9.67 Å². The van der Waals surface area contributed by atoms with Gasteiger partial charge in [-0.1, -0.05) is 80.6 Å². The van der Waals surface area contributed by atoms with Gasteiger partial charge in [0, 0.05) is 22.5 Å². The molecule has 1 saturated heterocycles. The van der Waals surface area contributed by atoms with Crippen molar-refractivity contribution in [1.82, 2.24) is 4.67 Å². The standard InChI is InChI=1S/C24H28NO2P/c1-17(2)24(26)19-14-15-21-22(16-19)28(27,20-12-8-5-9-13-20)25(3)23(21)18-10-6-4-7-11-18/h4-17,19,21,23-24,26H,1-3H3/t19-,21+,23-,24-,28-/m1/s1. The van der Waals surface area contributed by atoms with Crippen molar-refractivity contribution in [3.8, 4) is 0 Å². The third-order valence-electron chi connectivity index (χ3n) is 6.11. The van der Waals surface area contributed by atoms with Crippen LogP contribution in [0.1, 0.15) is 25.5 Å². The molecule has 2 aromatic rings. The average Bonchev–Trinajstić information content (AvgIpc) is 2.96. The van der Waals surface area contributed by atoms with E-state index in [0.717, 1.165) is 10.6 Å². The molecular formula is C24H28NO2P. The highest BCUT2D eigenvalue weighted by Crippen LogP contribution is 2.70. The zero-order chi connectivity index (χ0) is 19.9. The number of fused-ring (bicyclic) bond motifs is 1. The number of aliphatic hydroxyl groups is 1. The van der Waals surface area contributed by atoms with Gasteiger partial charge in [-0.3, -0.25) is 4.57 Å². The van der Waals surface area contributed by atoms with Gasteiger partial charge in [0.05, 0.1) is 12.1 Å². The lowest BCUT2D eigenvalue weighted by atomic mass is 9.83. The normalized spacial score (nSPS) is 30.9. The summed E-state index contributed by atoms with van der Waals surface area (Å²) in [5, 5.41) is 12.5. The molecular weight excluding hydrogens is 365 g/mol. The third kappa shape index (κ3) is 3.03. The van der Waals surface area contributed by atoms with Crippen molar-refractivity contribution >= 4 is 12.6 Å². The van der Waals surface area contributed by atoms with Crippen LogP contribution in [0.5, 0.6) is 0 Å². The van der Waals surface area contributed by atoms with E-state index in [1.807, 2.05) is 69.4 Å². The van der Waals surface area contributed by atoms with Crippen LogP contribution in [0, 0.1) is 17.8 Å². The fourth-order valence-corrected chi connectivity index (χ4v) is 7.80. The van der Waals surface area contributed by atoms with E-state index < -0.39 is 13.4 Å². The largest absolute Gasteiger partial charge is 0.392 e. The van der Waals surface area contributed by atoms with Gasteiger partial charge < -0.3 is 5.11 Å². The topological polar surface area (TPSA) is 40.5 Å². The molecule has 1 aliphatic carbocycles. The molecule has 1 N–H and O–H groups in total. The fraction of sp³-hybridized carbons (Fsp3) is 0.333. The Morgan fingerprint density at radius 3 is 2.18 bits per heavy atom. The number of rotatable bonds is 4. The zero-order valence-corrected chi connectivity index (χ0v) is 17.5. The van der Waals surface area contributed by atoms with Crippen LogP contribution in [-0.2, 0) is 4.57 Å². The van der Waals surface area contributed by atoms with Gasteiger partial charge >= 0.3 is 0 Å². The van der Waals surface area contributed by atoms with E-state index in [4.69, 9.17) is 0 Å². The number of hydrogen-bond donors (Lipinski definition) is 1.